The van der Waals surface area contributed by atoms with Crippen LogP contribution in [0.25, 0.3) is 0 Å². The number of sulfonamides is 1. The van der Waals surface area contributed by atoms with Gasteiger partial charge >= 0.3 is 0 Å². The predicted molar refractivity (Wildman–Crippen MR) is 154 cm³/mol. The summed E-state index contributed by atoms with van der Waals surface area (Å²) in [6.45, 7) is 7.51. The van der Waals surface area contributed by atoms with E-state index in [9.17, 15) is 13.2 Å². The van der Waals surface area contributed by atoms with E-state index in [-0.39, 0.29) is 22.6 Å². The van der Waals surface area contributed by atoms with Crippen LogP contribution in [0.2, 0.25) is 5.02 Å². The van der Waals surface area contributed by atoms with Gasteiger partial charge in [-0.2, -0.15) is 0 Å². The van der Waals surface area contributed by atoms with Crippen molar-refractivity contribution >= 4 is 33.2 Å². The number of hydrogen-bond donors (Lipinski definition) is 1. The number of ether oxygens (including phenoxy) is 3. The number of nitrogens with zero attached hydrogens (tertiary/aromatic N) is 1. The van der Waals surface area contributed by atoms with Crippen LogP contribution in [-0.4, -0.2) is 42.2 Å². The van der Waals surface area contributed by atoms with Gasteiger partial charge in [-0.3, -0.25) is 9.10 Å². The second kappa shape index (κ2) is 12.6. The number of rotatable bonds is 11. The number of benzene rings is 3. The lowest BCUT2D eigenvalue weighted by Gasteiger charge is -2.26. The molecule has 0 saturated heterocycles. The van der Waals surface area contributed by atoms with Crippen molar-refractivity contribution in [3.8, 4) is 17.2 Å². The summed E-state index contributed by atoms with van der Waals surface area (Å²) in [7, 11) is 0.344. The molecular formula is C29H35ClN2O6S. The molecule has 0 unspecified atom stereocenters. The Morgan fingerprint density at radius 1 is 0.872 bits per heavy atom. The lowest BCUT2D eigenvalue weighted by Crippen LogP contribution is -2.41. The number of amides is 1. The Morgan fingerprint density at radius 2 is 1.49 bits per heavy atom. The highest BCUT2D eigenvalue weighted by molar-refractivity contribution is 7.92. The molecule has 0 bridgehead atoms. The summed E-state index contributed by atoms with van der Waals surface area (Å²) >= 11 is 6.05. The van der Waals surface area contributed by atoms with Crippen molar-refractivity contribution < 1.29 is 27.4 Å². The summed E-state index contributed by atoms with van der Waals surface area (Å²) < 4.78 is 44.8. The van der Waals surface area contributed by atoms with E-state index in [1.54, 1.807) is 31.4 Å². The van der Waals surface area contributed by atoms with Gasteiger partial charge in [0.1, 0.15) is 12.3 Å². The van der Waals surface area contributed by atoms with Crippen LogP contribution in [0, 0.1) is 6.92 Å². The lowest BCUT2D eigenvalue weighted by molar-refractivity contribution is -0.120. The van der Waals surface area contributed by atoms with Gasteiger partial charge in [0.15, 0.2) is 11.5 Å². The highest BCUT2D eigenvalue weighted by Crippen LogP contribution is 2.34. The molecule has 0 aromatic heterocycles. The Balaban J connectivity index is 1.95. The van der Waals surface area contributed by atoms with Crippen molar-refractivity contribution in [3.05, 3.63) is 76.3 Å². The van der Waals surface area contributed by atoms with E-state index < -0.39 is 22.5 Å². The predicted octanol–water partition coefficient (Wildman–Crippen LogP) is 5.87. The van der Waals surface area contributed by atoms with Crippen LogP contribution in [-0.2, 0) is 14.8 Å². The third kappa shape index (κ3) is 6.78. The zero-order chi connectivity index (χ0) is 28.9. The third-order valence-corrected chi connectivity index (χ3v) is 8.45. The molecule has 3 rings (SSSR count). The van der Waals surface area contributed by atoms with E-state index in [1.165, 1.54) is 32.4 Å². The summed E-state index contributed by atoms with van der Waals surface area (Å²) in [6.07, 6.45) is 0. The van der Waals surface area contributed by atoms with Gasteiger partial charge in [-0.25, -0.2) is 8.42 Å². The Kier molecular flexibility index (Phi) is 9.74. The Morgan fingerprint density at radius 3 is 2.05 bits per heavy atom. The van der Waals surface area contributed by atoms with Gasteiger partial charge in [0.2, 0.25) is 5.91 Å². The van der Waals surface area contributed by atoms with Crippen LogP contribution in [0.5, 0.6) is 17.2 Å². The van der Waals surface area contributed by atoms with Crippen molar-refractivity contribution in [2.75, 3.05) is 32.2 Å². The minimum Gasteiger partial charge on any atom is -0.496 e. The van der Waals surface area contributed by atoms with Gasteiger partial charge in [0, 0.05) is 11.1 Å². The van der Waals surface area contributed by atoms with E-state index in [0.717, 1.165) is 26.7 Å². The largest absolute Gasteiger partial charge is 0.496 e. The number of nitrogens with one attached hydrogen (secondary N) is 1. The molecule has 3 aromatic rings. The minimum absolute atomic E-state index is 0.0523. The quantitative estimate of drug-likeness (QED) is 0.308. The van der Waals surface area contributed by atoms with E-state index in [2.05, 4.69) is 19.2 Å². The summed E-state index contributed by atoms with van der Waals surface area (Å²) in [5.41, 5.74) is 3.20. The van der Waals surface area contributed by atoms with E-state index in [1.807, 2.05) is 26.0 Å². The van der Waals surface area contributed by atoms with Crippen molar-refractivity contribution in [2.45, 2.75) is 44.6 Å². The average Bonchev–Trinajstić information content (AvgIpc) is 2.91. The number of aryl methyl sites for hydroxylation is 1. The number of halogens is 1. The number of anilines is 1. The van der Waals surface area contributed by atoms with Crippen LogP contribution in [0.1, 0.15) is 49.4 Å². The molecule has 0 aliphatic heterocycles. The molecule has 0 aliphatic rings. The maximum Gasteiger partial charge on any atom is 0.264 e. The van der Waals surface area contributed by atoms with Gasteiger partial charge in [-0.1, -0.05) is 25.4 Å². The first kappa shape index (κ1) is 30.1. The lowest BCUT2D eigenvalue weighted by atomic mass is 9.93. The van der Waals surface area contributed by atoms with Crippen LogP contribution in [0.15, 0.2) is 59.5 Å². The molecule has 210 valence electrons. The zero-order valence-electron chi connectivity index (χ0n) is 23.2. The second-order valence-electron chi connectivity index (χ2n) is 9.40. The first-order chi connectivity index (χ1) is 18.4. The number of methoxy groups -OCH3 is 3. The molecular weight excluding hydrogens is 540 g/mol. The summed E-state index contributed by atoms with van der Waals surface area (Å²) in [5.74, 6) is 1.18. The molecule has 1 atom stereocenters. The van der Waals surface area contributed by atoms with Gasteiger partial charge < -0.3 is 19.5 Å². The fourth-order valence-corrected chi connectivity index (χ4v) is 5.90. The zero-order valence-corrected chi connectivity index (χ0v) is 24.8. The molecule has 0 saturated carbocycles. The molecule has 10 heteroatoms. The SMILES string of the molecule is COc1ccc(S(=O)(=O)N(CC(=O)N[C@H](C)c2cc(C(C)C)c(OC)cc2C)c2ccc(Cl)cc2)cc1OC. The van der Waals surface area contributed by atoms with Crippen molar-refractivity contribution in [2.24, 2.45) is 0 Å². The standard InChI is InChI=1S/C29H35ClN2O6S/c1-18(2)24-16-25(19(3)14-27(24)37-6)20(4)31-29(33)17-32(22-10-8-21(30)9-11-22)39(34,35)23-12-13-26(36-5)28(15-23)38-7/h8-16,18,20H,17H2,1-7H3,(H,31,33)/t20-/m1/s1. The molecule has 0 fully saturated rings. The monoisotopic (exact) mass is 574 g/mol. The van der Waals surface area contributed by atoms with Crippen LogP contribution >= 0.6 is 11.6 Å². The van der Waals surface area contributed by atoms with Crippen molar-refractivity contribution in [3.63, 3.8) is 0 Å². The molecule has 0 heterocycles. The molecule has 0 radical (unpaired) electrons. The second-order valence-corrected chi connectivity index (χ2v) is 11.7. The fourth-order valence-electron chi connectivity index (χ4n) is 4.33. The van der Waals surface area contributed by atoms with Gasteiger partial charge in [-0.15, -0.1) is 0 Å². The highest BCUT2D eigenvalue weighted by atomic mass is 35.5. The van der Waals surface area contributed by atoms with Crippen LogP contribution in [0.4, 0.5) is 5.69 Å². The van der Waals surface area contributed by atoms with Gasteiger partial charge in [-0.05, 0) is 85.0 Å². The summed E-state index contributed by atoms with van der Waals surface area (Å²) in [6, 6.07) is 14.1. The topological polar surface area (TPSA) is 94.2 Å². The molecule has 1 amide bonds. The smallest absolute Gasteiger partial charge is 0.264 e. The molecule has 8 nitrogen and oxygen atoms in total. The molecule has 3 aromatic carbocycles. The third-order valence-electron chi connectivity index (χ3n) is 6.43. The molecule has 0 aliphatic carbocycles. The summed E-state index contributed by atoms with van der Waals surface area (Å²) in [4.78, 5) is 13.3. The number of carbonyl (C=O) groups is 1. The normalized spacial score (nSPS) is 12.1. The molecule has 0 spiro atoms. The Hall–Kier alpha value is -3.43. The number of carbonyl (C=O) groups excluding carboxylic acids is 1. The maximum absolute atomic E-state index is 13.8. The molecule has 1 N–H and O–H groups in total. The van der Waals surface area contributed by atoms with Crippen molar-refractivity contribution in [1.82, 2.24) is 5.32 Å². The van der Waals surface area contributed by atoms with Gasteiger partial charge in [0.05, 0.1) is 38.0 Å². The average molecular weight is 575 g/mol. The first-order valence-electron chi connectivity index (χ1n) is 12.4. The number of hydrogen-bond acceptors (Lipinski definition) is 6. The van der Waals surface area contributed by atoms with E-state index >= 15 is 0 Å². The van der Waals surface area contributed by atoms with E-state index in [4.69, 9.17) is 25.8 Å². The highest BCUT2D eigenvalue weighted by Gasteiger charge is 2.29. The Labute approximate surface area is 235 Å². The van der Waals surface area contributed by atoms with E-state index in [0.29, 0.717) is 16.5 Å². The minimum atomic E-state index is -4.18. The molecule has 39 heavy (non-hydrogen) atoms. The van der Waals surface area contributed by atoms with Crippen LogP contribution < -0.4 is 23.8 Å². The van der Waals surface area contributed by atoms with Crippen molar-refractivity contribution in [1.29, 1.82) is 0 Å². The Bertz CT molecular complexity index is 1420. The van der Waals surface area contributed by atoms with Gasteiger partial charge in [0.25, 0.3) is 10.0 Å². The maximum atomic E-state index is 13.8. The fraction of sp³-hybridized carbons (Fsp3) is 0.345. The summed E-state index contributed by atoms with van der Waals surface area (Å²) in [5, 5.41) is 3.40. The first-order valence-corrected chi connectivity index (χ1v) is 14.2. The van der Waals surface area contributed by atoms with Crippen LogP contribution in [0.3, 0.4) is 0 Å².